The molecule has 0 saturated heterocycles. The third-order valence-corrected chi connectivity index (χ3v) is 3.25. The molecular formula is C14H21N3O2. The fourth-order valence-electron chi connectivity index (χ4n) is 2.11. The van der Waals surface area contributed by atoms with Gasteiger partial charge in [0.05, 0.1) is 5.69 Å². The van der Waals surface area contributed by atoms with E-state index >= 15 is 0 Å². The molecule has 104 valence electrons. The van der Waals surface area contributed by atoms with E-state index in [9.17, 15) is 4.79 Å². The van der Waals surface area contributed by atoms with Crippen LogP contribution in [0, 0.1) is 5.41 Å². The SMILES string of the molecule is CN(CC(C)(C)CN)c1ccc2c(c1)NC(=O)CO2. The third-order valence-electron chi connectivity index (χ3n) is 3.25. The molecule has 0 radical (unpaired) electrons. The van der Waals surface area contributed by atoms with E-state index in [0.717, 1.165) is 23.7 Å². The zero-order chi connectivity index (χ0) is 14.0. The molecule has 0 spiro atoms. The minimum Gasteiger partial charge on any atom is -0.482 e. The summed E-state index contributed by atoms with van der Waals surface area (Å²) in [6.45, 7) is 5.82. The van der Waals surface area contributed by atoms with E-state index in [1.54, 1.807) is 0 Å². The van der Waals surface area contributed by atoms with E-state index < -0.39 is 0 Å². The van der Waals surface area contributed by atoms with Crippen molar-refractivity contribution in [3.8, 4) is 5.75 Å². The Bertz CT molecular complexity index is 486. The molecule has 1 heterocycles. The minimum atomic E-state index is -0.116. The number of hydrogen-bond acceptors (Lipinski definition) is 4. The van der Waals surface area contributed by atoms with Crippen LogP contribution in [0.3, 0.4) is 0 Å². The zero-order valence-corrected chi connectivity index (χ0v) is 11.7. The number of hydrogen-bond donors (Lipinski definition) is 2. The fraction of sp³-hybridized carbons (Fsp3) is 0.500. The molecule has 19 heavy (non-hydrogen) atoms. The maximum Gasteiger partial charge on any atom is 0.262 e. The molecule has 1 aliphatic rings. The number of anilines is 2. The normalized spacial score (nSPS) is 14.4. The number of rotatable bonds is 4. The van der Waals surface area contributed by atoms with Gasteiger partial charge in [-0.25, -0.2) is 0 Å². The molecule has 1 amide bonds. The van der Waals surface area contributed by atoms with Gasteiger partial charge in [0.15, 0.2) is 6.61 Å². The van der Waals surface area contributed by atoms with Crippen LogP contribution in [0.15, 0.2) is 18.2 Å². The molecule has 5 nitrogen and oxygen atoms in total. The molecule has 3 N–H and O–H groups in total. The molecular weight excluding hydrogens is 242 g/mol. The second-order valence-corrected chi connectivity index (χ2v) is 5.74. The third kappa shape index (κ3) is 3.17. The Morgan fingerprint density at radius 1 is 1.47 bits per heavy atom. The van der Waals surface area contributed by atoms with Gasteiger partial charge in [0.1, 0.15) is 5.75 Å². The van der Waals surface area contributed by atoms with Gasteiger partial charge in [0.2, 0.25) is 0 Å². The monoisotopic (exact) mass is 263 g/mol. The second kappa shape index (κ2) is 5.09. The summed E-state index contributed by atoms with van der Waals surface area (Å²) in [6, 6.07) is 5.80. The average Bonchev–Trinajstić information content (AvgIpc) is 2.37. The summed E-state index contributed by atoms with van der Waals surface area (Å²) in [5.74, 6) is 0.601. The van der Waals surface area contributed by atoms with Crippen LogP contribution in [-0.2, 0) is 4.79 Å². The molecule has 0 fully saturated rings. The first kappa shape index (κ1) is 13.7. The van der Waals surface area contributed by atoms with Crippen molar-refractivity contribution in [2.24, 2.45) is 11.1 Å². The summed E-state index contributed by atoms with van der Waals surface area (Å²) < 4.78 is 5.34. The summed E-state index contributed by atoms with van der Waals surface area (Å²) in [7, 11) is 2.02. The number of benzene rings is 1. The van der Waals surface area contributed by atoms with Crippen LogP contribution in [-0.4, -0.2) is 32.7 Å². The average molecular weight is 263 g/mol. The molecule has 0 unspecified atom stereocenters. The molecule has 0 saturated carbocycles. The van der Waals surface area contributed by atoms with Crippen LogP contribution in [0.1, 0.15) is 13.8 Å². The molecule has 1 aromatic rings. The lowest BCUT2D eigenvalue weighted by molar-refractivity contribution is -0.118. The van der Waals surface area contributed by atoms with Crippen LogP contribution in [0.2, 0.25) is 0 Å². The van der Waals surface area contributed by atoms with Gasteiger partial charge in [-0.05, 0) is 30.2 Å². The Morgan fingerprint density at radius 2 is 2.21 bits per heavy atom. The lowest BCUT2D eigenvalue weighted by atomic mass is 9.93. The van der Waals surface area contributed by atoms with Crippen molar-refractivity contribution in [1.29, 1.82) is 0 Å². The Hall–Kier alpha value is -1.75. The van der Waals surface area contributed by atoms with E-state index in [0.29, 0.717) is 6.54 Å². The highest BCUT2D eigenvalue weighted by atomic mass is 16.5. The van der Waals surface area contributed by atoms with Crippen LogP contribution in [0.5, 0.6) is 5.75 Å². The highest BCUT2D eigenvalue weighted by Gasteiger charge is 2.20. The van der Waals surface area contributed by atoms with Gasteiger partial charge < -0.3 is 20.7 Å². The molecule has 1 aromatic carbocycles. The van der Waals surface area contributed by atoms with Crippen molar-refractivity contribution < 1.29 is 9.53 Å². The highest BCUT2D eigenvalue weighted by Crippen LogP contribution is 2.32. The summed E-state index contributed by atoms with van der Waals surface area (Å²) in [6.07, 6.45) is 0. The number of carbonyl (C=O) groups excluding carboxylic acids is 1. The van der Waals surface area contributed by atoms with Crippen molar-refractivity contribution in [1.82, 2.24) is 0 Å². The molecule has 2 rings (SSSR count). The predicted molar refractivity (Wildman–Crippen MR) is 76.7 cm³/mol. The van der Waals surface area contributed by atoms with Crippen molar-refractivity contribution in [3.63, 3.8) is 0 Å². The first-order valence-electron chi connectivity index (χ1n) is 6.39. The van der Waals surface area contributed by atoms with E-state index in [4.69, 9.17) is 10.5 Å². The summed E-state index contributed by atoms with van der Waals surface area (Å²) in [5.41, 5.74) is 7.57. The van der Waals surface area contributed by atoms with Crippen molar-refractivity contribution in [2.75, 3.05) is 37.0 Å². The number of amides is 1. The van der Waals surface area contributed by atoms with Gasteiger partial charge in [0.25, 0.3) is 5.91 Å². The molecule has 0 aromatic heterocycles. The lowest BCUT2D eigenvalue weighted by Crippen LogP contribution is -2.36. The van der Waals surface area contributed by atoms with E-state index in [1.807, 2.05) is 25.2 Å². The molecule has 0 atom stereocenters. The second-order valence-electron chi connectivity index (χ2n) is 5.74. The summed E-state index contributed by atoms with van der Waals surface area (Å²) >= 11 is 0. The van der Waals surface area contributed by atoms with Gasteiger partial charge in [-0.1, -0.05) is 13.8 Å². The van der Waals surface area contributed by atoms with Gasteiger partial charge in [-0.3, -0.25) is 4.79 Å². The number of nitrogens with one attached hydrogen (secondary N) is 1. The maximum atomic E-state index is 11.3. The van der Waals surface area contributed by atoms with Crippen molar-refractivity contribution in [3.05, 3.63) is 18.2 Å². The standard InChI is InChI=1S/C14H21N3O2/c1-14(2,8-15)9-17(3)10-4-5-12-11(6-10)16-13(18)7-19-12/h4-6H,7-9,15H2,1-3H3,(H,16,18). The smallest absolute Gasteiger partial charge is 0.262 e. The predicted octanol–water partition coefficient (Wildman–Crippen LogP) is 1.44. The number of nitrogens with two attached hydrogens (primary N) is 1. The highest BCUT2D eigenvalue weighted by molar-refractivity contribution is 5.96. The van der Waals surface area contributed by atoms with Gasteiger partial charge in [0, 0.05) is 19.3 Å². The van der Waals surface area contributed by atoms with Crippen molar-refractivity contribution in [2.45, 2.75) is 13.8 Å². The van der Waals surface area contributed by atoms with Crippen LogP contribution in [0.4, 0.5) is 11.4 Å². The first-order valence-corrected chi connectivity index (χ1v) is 6.39. The molecule has 0 bridgehead atoms. The number of fused-ring (bicyclic) bond motifs is 1. The van der Waals surface area contributed by atoms with Crippen LogP contribution < -0.4 is 20.7 Å². The Kier molecular flexibility index (Phi) is 3.66. The Balaban J connectivity index is 2.17. The van der Waals surface area contributed by atoms with E-state index in [1.165, 1.54) is 0 Å². The topological polar surface area (TPSA) is 67.6 Å². The fourth-order valence-corrected chi connectivity index (χ4v) is 2.11. The lowest BCUT2D eigenvalue weighted by Gasteiger charge is -2.31. The largest absolute Gasteiger partial charge is 0.482 e. The van der Waals surface area contributed by atoms with E-state index in [-0.39, 0.29) is 17.9 Å². The number of ether oxygens (including phenoxy) is 1. The van der Waals surface area contributed by atoms with Crippen LogP contribution in [0.25, 0.3) is 0 Å². The molecule has 0 aliphatic carbocycles. The van der Waals surface area contributed by atoms with Gasteiger partial charge in [-0.15, -0.1) is 0 Å². The molecule has 1 aliphatic heterocycles. The summed E-state index contributed by atoms with van der Waals surface area (Å²) in [5, 5.41) is 2.82. The van der Waals surface area contributed by atoms with Crippen LogP contribution >= 0.6 is 0 Å². The summed E-state index contributed by atoms with van der Waals surface area (Å²) in [4.78, 5) is 13.4. The molecule has 5 heteroatoms. The maximum absolute atomic E-state index is 11.3. The number of nitrogens with zero attached hydrogens (tertiary/aromatic N) is 1. The quantitative estimate of drug-likeness (QED) is 0.862. The first-order chi connectivity index (χ1) is 8.91. The van der Waals surface area contributed by atoms with Gasteiger partial charge >= 0.3 is 0 Å². The van der Waals surface area contributed by atoms with Crippen molar-refractivity contribution >= 4 is 17.3 Å². The van der Waals surface area contributed by atoms with E-state index in [2.05, 4.69) is 24.1 Å². The number of carbonyl (C=O) groups is 1. The van der Waals surface area contributed by atoms with Gasteiger partial charge in [-0.2, -0.15) is 0 Å². The Morgan fingerprint density at radius 3 is 2.89 bits per heavy atom. The zero-order valence-electron chi connectivity index (χ0n) is 11.7. The minimum absolute atomic E-state index is 0.0460. The Labute approximate surface area is 113 Å².